The summed E-state index contributed by atoms with van der Waals surface area (Å²) in [6.45, 7) is 1.71. The van der Waals surface area contributed by atoms with Crippen molar-refractivity contribution in [2.45, 2.75) is 12.1 Å². The molecule has 1 saturated heterocycles. The number of nitrogens with zero attached hydrogens (tertiary/aromatic N) is 3. The average Bonchev–Trinajstić information content (AvgIpc) is 3.24. The minimum absolute atomic E-state index is 0.260. The van der Waals surface area contributed by atoms with Crippen LogP contribution in [0.3, 0.4) is 0 Å². The SMILES string of the molecule is Cn1cc(O[C@@H]2COC[C@@H]2NC(=O)c2cc3c(cn2)OCCO3)cn1. The van der Waals surface area contributed by atoms with Gasteiger partial charge in [0.05, 0.1) is 37.8 Å². The van der Waals surface area contributed by atoms with E-state index in [1.165, 1.54) is 6.20 Å². The van der Waals surface area contributed by atoms with Gasteiger partial charge in [0.1, 0.15) is 25.0 Å². The van der Waals surface area contributed by atoms with Crippen molar-refractivity contribution in [1.29, 1.82) is 0 Å². The summed E-state index contributed by atoms with van der Waals surface area (Å²) in [6, 6.07) is 1.30. The Kier molecular flexibility index (Phi) is 4.14. The fourth-order valence-corrected chi connectivity index (χ4v) is 2.74. The van der Waals surface area contributed by atoms with Crippen molar-refractivity contribution < 1.29 is 23.7 Å². The highest BCUT2D eigenvalue weighted by molar-refractivity contribution is 5.93. The molecule has 0 saturated carbocycles. The van der Waals surface area contributed by atoms with Gasteiger partial charge in [-0.15, -0.1) is 0 Å². The van der Waals surface area contributed by atoms with Crippen LogP contribution in [0.4, 0.5) is 0 Å². The second-order valence-electron chi connectivity index (χ2n) is 5.84. The Balaban J connectivity index is 1.42. The normalized spacial score (nSPS) is 21.8. The zero-order chi connectivity index (χ0) is 17.2. The number of ether oxygens (including phenoxy) is 4. The van der Waals surface area contributed by atoms with Crippen LogP contribution in [0.25, 0.3) is 0 Å². The minimum atomic E-state index is -0.313. The molecule has 1 N–H and O–H groups in total. The lowest BCUT2D eigenvalue weighted by atomic mass is 10.2. The fraction of sp³-hybridized carbons (Fsp3) is 0.438. The van der Waals surface area contributed by atoms with E-state index in [-0.39, 0.29) is 23.7 Å². The summed E-state index contributed by atoms with van der Waals surface area (Å²) >= 11 is 0. The Labute approximate surface area is 143 Å². The molecule has 1 fully saturated rings. The first-order valence-electron chi connectivity index (χ1n) is 7.98. The number of pyridine rings is 1. The summed E-state index contributed by atoms with van der Waals surface area (Å²) in [5.74, 6) is 1.39. The van der Waals surface area contributed by atoms with Crippen LogP contribution in [0.2, 0.25) is 0 Å². The Morgan fingerprint density at radius 3 is 2.92 bits per heavy atom. The summed E-state index contributed by atoms with van der Waals surface area (Å²) in [4.78, 5) is 16.6. The standard InChI is InChI=1S/C16H18N4O5/c1-20-7-10(5-18-20)25-15-9-22-8-12(15)19-16(21)11-4-13-14(6-17-11)24-3-2-23-13/h4-7,12,15H,2-3,8-9H2,1H3,(H,19,21)/t12-,15+/m0/s1. The Bertz CT molecular complexity index is 778. The lowest BCUT2D eigenvalue weighted by molar-refractivity contribution is 0.0897. The van der Waals surface area contributed by atoms with E-state index < -0.39 is 0 Å². The van der Waals surface area contributed by atoms with E-state index in [1.54, 1.807) is 23.1 Å². The molecule has 2 aliphatic rings. The fourth-order valence-electron chi connectivity index (χ4n) is 2.74. The predicted octanol–water partition coefficient (Wildman–Crippen LogP) is 0.162. The number of rotatable bonds is 4. The lowest BCUT2D eigenvalue weighted by Crippen LogP contribution is -2.45. The minimum Gasteiger partial charge on any atom is -0.486 e. The smallest absolute Gasteiger partial charge is 0.270 e. The number of amides is 1. The van der Waals surface area contributed by atoms with Gasteiger partial charge in [-0.25, -0.2) is 4.98 Å². The van der Waals surface area contributed by atoms with Crippen LogP contribution < -0.4 is 19.5 Å². The van der Waals surface area contributed by atoms with Crippen molar-refractivity contribution >= 4 is 5.91 Å². The van der Waals surface area contributed by atoms with Gasteiger partial charge in [-0.2, -0.15) is 5.10 Å². The van der Waals surface area contributed by atoms with Crippen molar-refractivity contribution in [3.05, 3.63) is 30.4 Å². The average molecular weight is 346 g/mol. The quantitative estimate of drug-likeness (QED) is 0.842. The third-order valence-electron chi connectivity index (χ3n) is 3.98. The molecule has 0 aromatic carbocycles. The molecule has 4 rings (SSSR count). The molecule has 0 aliphatic carbocycles. The van der Waals surface area contributed by atoms with Crippen molar-refractivity contribution in [3.8, 4) is 17.2 Å². The van der Waals surface area contributed by atoms with E-state index in [9.17, 15) is 4.79 Å². The van der Waals surface area contributed by atoms with Gasteiger partial charge < -0.3 is 24.3 Å². The van der Waals surface area contributed by atoms with Crippen molar-refractivity contribution in [3.63, 3.8) is 0 Å². The molecule has 132 valence electrons. The Hall–Kier alpha value is -2.81. The Morgan fingerprint density at radius 2 is 2.12 bits per heavy atom. The summed E-state index contributed by atoms with van der Waals surface area (Å²) in [5.41, 5.74) is 0.260. The molecule has 0 spiro atoms. The highest BCUT2D eigenvalue weighted by Gasteiger charge is 2.32. The van der Waals surface area contributed by atoms with Crippen LogP contribution in [0.5, 0.6) is 17.2 Å². The van der Waals surface area contributed by atoms with Gasteiger partial charge in [-0.1, -0.05) is 0 Å². The predicted molar refractivity (Wildman–Crippen MR) is 84.9 cm³/mol. The van der Waals surface area contributed by atoms with Gasteiger partial charge in [-0.05, 0) is 0 Å². The molecular formula is C16H18N4O5. The van der Waals surface area contributed by atoms with E-state index in [0.717, 1.165) is 0 Å². The number of aryl methyl sites for hydroxylation is 1. The molecule has 1 amide bonds. The van der Waals surface area contributed by atoms with Gasteiger partial charge in [-0.3, -0.25) is 9.48 Å². The topological polar surface area (TPSA) is 96.7 Å². The van der Waals surface area contributed by atoms with Gasteiger partial charge >= 0.3 is 0 Å². The molecular weight excluding hydrogens is 328 g/mol. The third kappa shape index (κ3) is 3.36. The third-order valence-corrected chi connectivity index (χ3v) is 3.98. The molecule has 0 unspecified atom stereocenters. The molecule has 2 aromatic rings. The van der Waals surface area contributed by atoms with Crippen molar-refractivity contribution in [1.82, 2.24) is 20.1 Å². The van der Waals surface area contributed by atoms with Crippen LogP contribution in [-0.4, -0.2) is 59.2 Å². The van der Waals surface area contributed by atoms with Gasteiger partial charge in [0.2, 0.25) is 0 Å². The lowest BCUT2D eigenvalue weighted by Gasteiger charge is -2.20. The summed E-state index contributed by atoms with van der Waals surface area (Å²) in [7, 11) is 1.81. The summed E-state index contributed by atoms with van der Waals surface area (Å²) < 4.78 is 23.8. The zero-order valence-electron chi connectivity index (χ0n) is 13.7. The number of hydrogen-bond donors (Lipinski definition) is 1. The molecule has 9 nitrogen and oxygen atoms in total. The molecule has 4 heterocycles. The van der Waals surface area contributed by atoms with E-state index in [2.05, 4.69) is 15.4 Å². The molecule has 25 heavy (non-hydrogen) atoms. The Morgan fingerprint density at radius 1 is 1.28 bits per heavy atom. The van der Waals surface area contributed by atoms with E-state index in [0.29, 0.717) is 43.7 Å². The van der Waals surface area contributed by atoms with Crippen molar-refractivity contribution in [2.24, 2.45) is 7.05 Å². The first-order chi connectivity index (χ1) is 12.2. The van der Waals surface area contributed by atoms with Crippen LogP contribution in [-0.2, 0) is 11.8 Å². The number of nitrogens with one attached hydrogen (secondary N) is 1. The second-order valence-corrected chi connectivity index (χ2v) is 5.84. The maximum atomic E-state index is 12.5. The van der Waals surface area contributed by atoms with Crippen LogP contribution in [0.15, 0.2) is 24.7 Å². The first kappa shape index (κ1) is 15.7. The molecule has 9 heteroatoms. The largest absolute Gasteiger partial charge is 0.486 e. The number of fused-ring (bicyclic) bond motifs is 1. The van der Waals surface area contributed by atoms with E-state index in [1.807, 2.05) is 7.05 Å². The van der Waals surface area contributed by atoms with Gasteiger partial charge in [0.25, 0.3) is 5.91 Å². The van der Waals surface area contributed by atoms with E-state index in [4.69, 9.17) is 18.9 Å². The number of aromatic nitrogens is 3. The van der Waals surface area contributed by atoms with Gasteiger partial charge in [0.15, 0.2) is 17.2 Å². The van der Waals surface area contributed by atoms with Crippen molar-refractivity contribution in [2.75, 3.05) is 26.4 Å². The zero-order valence-corrected chi connectivity index (χ0v) is 13.7. The molecule has 0 radical (unpaired) electrons. The monoisotopic (exact) mass is 346 g/mol. The summed E-state index contributed by atoms with van der Waals surface area (Å²) in [5, 5.41) is 6.97. The summed E-state index contributed by atoms with van der Waals surface area (Å²) in [6.07, 6.45) is 4.60. The molecule has 2 aromatic heterocycles. The van der Waals surface area contributed by atoms with Crippen LogP contribution in [0.1, 0.15) is 10.5 Å². The molecule has 2 atom stereocenters. The first-order valence-corrected chi connectivity index (χ1v) is 7.98. The van der Waals surface area contributed by atoms with Crippen LogP contribution >= 0.6 is 0 Å². The maximum Gasteiger partial charge on any atom is 0.270 e. The highest BCUT2D eigenvalue weighted by atomic mass is 16.6. The number of carbonyl (C=O) groups is 1. The second kappa shape index (κ2) is 6.60. The van der Waals surface area contributed by atoms with Crippen LogP contribution in [0, 0.1) is 0 Å². The maximum absolute atomic E-state index is 12.5. The van der Waals surface area contributed by atoms with Gasteiger partial charge in [0, 0.05) is 13.1 Å². The number of hydrogen-bond acceptors (Lipinski definition) is 7. The van der Waals surface area contributed by atoms with E-state index >= 15 is 0 Å². The molecule has 0 bridgehead atoms. The molecule has 2 aliphatic heterocycles. The highest BCUT2D eigenvalue weighted by Crippen LogP contribution is 2.29. The number of carbonyl (C=O) groups excluding carboxylic acids is 1.